The number of hydrogen-bond acceptors (Lipinski definition) is 3. The maximum Gasteiger partial charge on any atom is 0.253 e. The Morgan fingerprint density at radius 2 is 1.88 bits per heavy atom. The van der Waals surface area contributed by atoms with Crippen molar-refractivity contribution in [2.45, 2.75) is 64.8 Å². The number of piperidine rings is 1. The largest absolute Gasteiger partial charge is 0.342 e. The minimum absolute atomic E-state index is 0.0305. The normalized spacial score (nSPS) is 20.0. The van der Waals surface area contributed by atoms with Crippen LogP contribution in [0.3, 0.4) is 0 Å². The van der Waals surface area contributed by atoms with Crippen LogP contribution in [0.2, 0.25) is 0 Å². The van der Waals surface area contributed by atoms with Crippen LogP contribution >= 0.6 is 0 Å². The third-order valence-electron chi connectivity index (χ3n) is 5.48. The molecule has 0 spiro atoms. The van der Waals surface area contributed by atoms with Crippen molar-refractivity contribution >= 4 is 5.91 Å². The summed E-state index contributed by atoms with van der Waals surface area (Å²) >= 11 is 0. The van der Waals surface area contributed by atoms with Gasteiger partial charge in [-0.25, -0.2) is 4.98 Å². The van der Waals surface area contributed by atoms with Crippen molar-refractivity contribution in [1.29, 1.82) is 0 Å². The molecule has 1 aromatic heterocycles. The molecule has 0 unspecified atom stereocenters. The summed E-state index contributed by atoms with van der Waals surface area (Å²) in [5.41, 5.74) is 0.762. The molecule has 0 aromatic carbocycles. The first kappa shape index (κ1) is 17.2. The van der Waals surface area contributed by atoms with Crippen molar-refractivity contribution in [3.05, 3.63) is 28.4 Å². The standard InChI is InChI=1S/C19H29N3O2/c1-19(2,3)16-11-17(23)22(13-20-16)12-14-7-9-21(10-8-14)18(24)15-5-4-6-15/h11,13-15H,4-10,12H2,1-3H3. The Hall–Kier alpha value is -1.65. The smallest absolute Gasteiger partial charge is 0.253 e. The molecule has 24 heavy (non-hydrogen) atoms. The first-order valence-corrected chi connectivity index (χ1v) is 9.20. The van der Waals surface area contributed by atoms with E-state index in [-0.39, 0.29) is 11.0 Å². The predicted molar refractivity (Wildman–Crippen MR) is 93.8 cm³/mol. The van der Waals surface area contributed by atoms with Gasteiger partial charge >= 0.3 is 0 Å². The SMILES string of the molecule is CC(C)(C)c1cc(=O)n(CC2CCN(C(=O)C3CCC3)CC2)cn1. The minimum Gasteiger partial charge on any atom is -0.342 e. The average Bonchev–Trinajstić information content (AvgIpc) is 2.47. The third-order valence-corrected chi connectivity index (χ3v) is 5.48. The fourth-order valence-corrected chi connectivity index (χ4v) is 3.50. The van der Waals surface area contributed by atoms with E-state index in [2.05, 4.69) is 25.8 Å². The fraction of sp³-hybridized carbons (Fsp3) is 0.737. The Balaban J connectivity index is 1.56. The molecule has 5 nitrogen and oxygen atoms in total. The second kappa shape index (κ2) is 6.69. The van der Waals surface area contributed by atoms with Gasteiger partial charge in [0.15, 0.2) is 0 Å². The van der Waals surface area contributed by atoms with Crippen molar-refractivity contribution in [2.24, 2.45) is 11.8 Å². The number of carbonyl (C=O) groups excluding carboxylic acids is 1. The van der Waals surface area contributed by atoms with E-state index >= 15 is 0 Å². The quantitative estimate of drug-likeness (QED) is 0.855. The zero-order valence-corrected chi connectivity index (χ0v) is 15.1. The van der Waals surface area contributed by atoms with Crippen LogP contribution in [0, 0.1) is 11.8 Å². The van der Waals surface area contributed by atoms with Crippen molar-refractivity contribution in [3.63, 3.8) is 0 Å². The molecule has 1 saturated heterocycles. The van der Waals surface area contributed by atoms with E-state index in [1.807, 2.05) is 4.90 Å². The summed E-state index contributed by atoms with van der Waals surface area (Å²) in [5.74, 6) is 1.10. The van der Waals surface area contributed by atoms with Gasteiger partial charge in [0, 0.05) is 37.0 Å². The maximum absolute atomic E-state index is 12.3. The van der Waals surface area contributed by atoms with E-state index in [1.165, 1.54) is 6.42 Å². The Bertz CT molecular complexity index is 647. The van der Waals surface area contributed by atoms with E-state index < -0.39 is 0 Å². The number of aromatic nitrogens is 2. The van der Waals surface area contributed by atoms with Gasteiger partial charge in [-0.1, -0.05) is 27.2 Å². The van der Waals surface area contributed by atoms with E-state index in [0.717, 1.165) is 44.5 Å². The van der Waals surface area contributed by atoms with Crippen LogP contribution in [0.4, 0.5) is 0 Å². The van der Waals surface area contributed by atoms with E-state index in [1.54, 1.807) is 17.0 Å². The molecule has 3 rings (SSSR count). The van der Waals surface area contributed by atoms with Crippen LogP contribution in [0.1, 0.15) is 58.6 Å². The second-order valence-electron chi connectivity index (χ2n) is 8.41. The summed E-state index contributed by atoms with van der Waals surface area (Å²) in [6, 6.07) is 1.66. The van der Waals surface area contributed by atoms with Gasteiger partial charge in [0.05, 0.1) is 12.0 Å². The van der Waals surface area contributed by atoms with Gasteiger partial charge in [0.25, 0.3) is 5.56 Å². The first-order valence-electron chi connectivity index (χ1n) is 9.20. The molecule has 2 aliphatic rings. The highest BCUT2D eigenvalue weighted by Gasteiger charge is 2.31. The van der Waals surface area contributed by atoms with Gasteiger partial charge in [-0.05, 0) is 31.6 Å². The Morgan fingerprint density at radius 3 is 2.38 bits per heavy atom. The second-order valence-corrected chi connectivity index (χ2v) is 8.41. The number of nitrogens with zero attached hydrogens (tertiary/aromatic N) is 3. The zero-order chi connectivity index (χ0) is 17.3. The monoisotopic (exact) mass is 331 g/mol. The molecule has 132 valence electrons. The molecule has 0 bridgehead atoms. The number of amides is 1. The summed E-state index contributed by atoms with van der Waals surface area (Å²) in [6.07, 6.45) is 6.99. The summed E-state index contributed by atoms with van der Waals surface area (Å²) < 4.78 is 1.73. The fourth-order valence-electron chi connectivity index (χ4n) is 3.50. The van der Waals surface area contributed by atoms with Crippen LogP contribution < -0.4 is 5.56 Å². The molecule has 0 atom stereocenters. The molecule has 1 saturated carbocycles. The third kappa shape index (κ3) is 3.70. The summed E-state index contributed by atoms with van der Waals surface area (Å²) in [4.78, 5) is 31.1. The van der Waals surface area contributed by atoms with Gasteiger partial charge in [-0.3, -0.25) is 14.2 Å². The van der Waals surface area contributed by atoms with Crippen LogP contribution in [-0.4, -0.2) is 33.4 Å². The molecule has 2 heterocycles. The highest BCUT2D eigenvalue weighted by atomic mass is 16.2. The molecule has 1 aliphatic carbocycles. The van der Waals surface area contributed by atoms with E-state index in [0.29, 0.717) is 24.3 Å². The summed E-state index contributed by atoms with van der Waals surface area (Å²) in [5, 5.41) is 0. The lowest BCUT2D eigenvalue weighted by molar-refractivity contribution is -0.139. The number of hydrogen-bond donors (Lipinski definition) is 0. The van der Waals surface area contributed by atoms with Gasteiger partial charge in [-0.2, -0.15) is 0 Å². The topological polar surface area (TPSA) is 55.2 Å². The number of likely N-dealkylation sites (tertiary alicyclic amines) is 1. The van der Waals surface area contributed by atoms with Crippen LogP contribution in [-0.2, 0) is 16.8 Å². The predicted octanol–water partition coefficient (Wildman–Crippen LogP) is 2.58. The zero-order valence-electron chi connectivity index (χ0n) is 15.1. The molecule has 1 aromatic rings. The Kier molecular flexibility index (Phi) is 4.79. The summed E-state index contributed by atoms with van der Waals surface area (Å²) in [6.45, 7) is 8.57. The lowest BCUT2D eigenvalue weighted by atomic mass is 9.83. The van der Waals surface area contributed by atoms with Crippen molar-refractivity contribution in [1.82, 2.24) is 14.5 Å². The highest BCUT2D eigenvalue weighted by molar-refractivity contribution is 5.79. The van der Waals surface area contributed by atoms with Gasteiger partial charge in [-0.15, -0.1) is 0 Å². The molecule has 1 aliphatic heterocycles. The van der Waals surface area contributed by atoms with Gasteiger partial charge < -0.3 is 4.90 Å². The molecule has 5 heteroatoms. The highest BCUT2D eigenvalue weighted by Crippen LogP contribution is 2.30. The minimum atomic E-state index is -0.106. The Morgan fingerprint density at radius 1 is 1.21 bits per heavy atom. The van der Waals surface area contributed by atoms with Crippen molar-refractivity contribution in [2.75, 3.05) is 13.1 Å². The summed E-state index contributed by atoms with van der Waals surface area (Å²) in [7, 11) is 0. The number of carbonyl (C=O) groups is 1. The van der Waals surface area contributed by atoms with Crippen molar-refractivity contribution < 1.29 is 4.79 Å². The van der Waals surface area contributed by atoms with Crippen molar-refractivity contribution in [3.8, 4) is 0 Å². The van der Waals surface area contributed by atoms with Gasteiger partial charge in [0.2, 0.25) is 5.91 Å². The van der Waals surface area contributed by atoms with Crippen LogP contribution in [0.25, 0.3) is 0 Å². The van der Waals surface area contributed by atoms with Gasteiger partial charge in [0.1, 0.15) is 0 Å². The van der Waals surface area contributed by atoms with Crippen LogP contribution in [0.15, 0.2) is 17.2 Å². The van der Waals surface area contributed by atoms with E-state index in [4.69, 9.17) is 0 Å². The molecule has 2 fully saturated rings. The lowest BCUT2D eigenvalue weighted by Crippen LogP contribution is -2.44. The average molecular weight is 331 g/mol. The number of rotatable bonds is 3. The first-order chi connectivity index (χ1) is 11.3. The molecule has 1 amide bonds. The van der Waals surface area contributed by atoms with E-state index in [9.17, 15) is 9.59 Å². The molecule has 0 N–H and O–H groups in total. The van der Waals surface area contributed by atoms with Crippen LogP contribution in [0.5, 0.6) is 0 Å². The lowest BCUT2D eigenvalue weighted by Gasteiger charge is -2.36. The molecular weight excluding hydrogens is 302 g/mol. The molecular formula is C19H29N3O2. The Labute approximate surface area is 144 Å². The maximum atomic E-state index is 12.3. The molecule has 0 radical (unpaired) electrons.